The third-order valence-corrected chi connectivity index (χ3v) is 8.05. The molecular weight excluding hydrogens is 533 g/mol. The summed E-state index contributed by atoms with van der Waals surface area (Å²) >= 11 is 1.52. The van der Waals surface area contributed by atoms with Gasteiger partial charge < -0.3 is 24.6 Å². The Kier molecular flexibility index (Phi) is 6.67. The van der Waals surface area contributed by atoms with Crippen LogP contribution in [0.2, 0.25) is 0 Å². The minimum absolute atomic E-state index is 0.0337. The van der Waals surface area contributed by atoms with Gasteiger partial charge in [0.2, 0.25) is 5.91 Å². The summed E-state index contributed by atoms with van der Waals surface area (Å²) in [6, 6.07) is 11.2. The highest BCUT2D eigenvalue weighted by Crippen LogP contribution is 2.46. The number of halogens is 3. The van der Waals surface area contributed by atoms with Crippen LogP contribution in [0, 0.1) is 0 Å². The van der Waals surface area contributed by atoms with Crippen LogP contribution in [-0.2, 0) is 11.3 Å². The minimum Gasteiger partial charge on any atom is -0.405 e. The molecule has 0 bridgehead atoms. The summed E-state index contributed by atoms with van der Waals surface area (Å²) in [5, 5.41) is 5.02. The van der Waals surface area contributed by atoms with E-state index >= 15 is 0 Å². The Labute approximate surface area is 225 Å². The number of carbonyl (C=O) groups is 1. The number of amides is 1. The van der Waals surface area contributed by atoms with E-state index in [0.29, 0.717) is 22.6 Å². The fourth-order valence-corrected chi connectivity index (χ4v) is 5.89. The zero-order valence-electron chi connectivity index (χ0n) is 20.7. The van der Waals surface area contributed by atoms with Crippen molar-refractivity contribution in [2.45, 2.75) is 50.7 Å². The molecule has 0 unspecified atom stereocenters. The molecule has 2 N–H and O–H groups in total. The molecule has 1 amide bonds. The van der Waals surface area contributed by atoms with Crippen LogP contribution in [0.15, 0.2) is 47.0 Å². The van der Waals surface area contributed by atoms with Gasteiger partial charge in [-0.3, -0.25) is 4.79 Å². The third-order valence-electron chi connectivity index (χ3n) is 6.97. The minimum atomic E-state index is -4.82. The van der Waals surface area contributed by atoms with Crippen LogP contribution in [0.1, 0.15) is 53.3 Å². The quantitative estimate of drug-likeness (QED) is 0.282. The number of ether oxygens (including phenoxy) is 2. The Balaban J connectivity index is 1.14. The zero-order valence-corrected chi connectivity index (χ0v) is 21.6. The molecule has 1 saturated heterocycles. The number of piperidine rings is 1. The molecule has 12 heteroatoms. The van der Waals surface area contributed by atoms with Crippen molar-refractivity contribution in [2.75, 3.05) is 18.0 Å². The Bertz CT molecular complexity index is 1510. The van der Waals surface area contributed by atoms with Crippen LogP contribution in [-0.4, -0.2) is 41.6 Å². The van der Waals surface area contributed by atoms with E-state index in [0.717, 1.165) is 54.1 Å². The Morgan fingerprint density at radius 1 is 1.13 bits per heavy atom. The Hall–Kier alpha value is -3.64. The van der Waals surface area contributed by atoms with Gasteiger partial charge in [0.15, 0.2) is 5.13 Å². The first-order valence-corrected chi connectivity index (χ1v) is 13.5. The van der Waals surface area contributed by atoms with Crippen molar-refractivity contribution in [1.29, 1.82) is 0 Å². The second kappa shape index (κ2) is 10.2. The van der Waals surface area contributed by atoms with Gasteiger partial charge in [-0.05, 0) is 56.0 Å². The number of thiazole rings is 1. The highest BCUT2D eigenvalue weighted by molar-refractivity contribution is 7.22. The van der Waals surface area contributed by atoms with Crippen LogP contribution in [0.4, 0.5) is 18.3 Å². The third kappa shape index (κ3) is 5.57. The van der Waals surface area contributed by atoms with Gasteiger partial charge in [-0.25, -0.2) is 4.98 Å². The van der Waals surface area contributed by atoms with Gasteiger partial charge in [-0.15, -0.1) is 13.2 Å². The van der Waals surface area contributed by atoms with Crippen LogP contribution >= 0.6 is 11.3 Å². The van der Waals surface area contributed by atoms with E-state index in [4.69, 9.17) is 20.0 Å². The molecule has 2 aliphatic rings. The first-order valence-electron chi connectivity index (χ1n) is 12.7. The second-order valence-electron chi connectivity index (χ2n) is 9.73. The van der Waals surface area contributed by atoms with E-state index < -0.39 is 12.3 Å². The molecule has 0 spiro atoms. The highest BCUT2D eigenvalue weighted by atomic mass is 32.1. The number of carbonyl (C=O) groups excluding carboxylic acids is 1. The van der Waals surface area contributed by atoms with E-state index in [2.05, 4.69) is 14.8 Å². The van der Waals surface area contributed by atoms with Crippen molar-refractivity contribution in [1.82, 2.24) is 10.1 Å². The lowest BCUT2D eigenvalue weighted by Crippen LogP contribution is -2.36. The average molecular weight is 559 g/mol. The lowest BCUT2D eigenvalue weighted by Gasteiger charge is -2.31. The fraction of sp³-hybridized carbons (Fsp3) is 0.370. The molecule has 1 saturated carbocycles. The van der Waals surface area contributed by atoms with Crippen molar-refractivity contribution in [2.24, 2.45) is 5.73 Å². The largest absolute Gasteiger partial charge is 0.573 e. The first kappa shape index (κ1) is 25.6. The number of fused-ring (bicyclic) bond motifs is 1. The molecule has 39 heavy (non-hydrogen) atoms. The first-order chi connectivity index (χ1) is 18.7. The molecule has 6 rings (SSSR count). The molecule has 0 atom stereocenters. The lowest BCUT2D eigenvalue weighted by molar-refractivity contribution is -0.274. The number of nitrogens with two attached hydrogens (primary N) is 1. The summed E-state index contributed by atoms with van der Waals surface area (Å²) in [6.07, 6.45) is -1.44. The maximum absolute atomic E-state index is 13.0. The normalized spacial score (nSPS) is 16.6. The second-order valence-corrected chi connectivity index (χ2v) is 10.7. The monoisotopic (exact) mass is 558 g/mol. The summed E-state index contributed by atoms with van der Waals surface area (Å²) in [5.41, 5.74) is 7.88. The number of para-hydroxylation sites is 1. The molecule has 2 aromatic heterocycles. The van der Waals surface area contributed by atoms with Gasteiger partial charge >= 0.3 is 6.36 Å². The molecule has 204 valence electrons. The van der Waals surface area contributed by atoms with Crippen molar-refractivity contribution < 1.29 is 32.0 Å². The molecule has 3 heterocycles. The van der Waals surface area contributed by atoms with E-state index in [1.54, 1.807) is 30.3 Å². The Morgan fingerprint density at radius 3 is 2.62 bits per heavy atom. The molecule has 2 fully saturated rings. The van der Waals surface area contributed by atoms with E-state index in [1.807, 2.05) is 0 Å². The SMILES string of the molecule is NC(=O)c1ccc2nc(N3CCC(OCc4c(-c5ccccc5OC(F)(F)F)noc4C4CC4)CC3)sc2c1. The van der Waals surface area contributed by atoms with Crippen LogP contribution in [0.25, 0.3) is 21.5 Å². The Morgan fingerprint density at radius 2 is 1.90 bits per heavy atom. The maximum Gasteiger partial charge on any atom is 0.573 e. The van der Waals surface area contributed by atoms with Crippen molar-refractivity contribution >= 4 is 32.6 Å². The fourth-order valence-electron chi connectivity index (χ4n) is 4.83. The molecule has 2 aromatic carbocycles. The number of aromatic nitrogens is 2. The molecule has 1 aliphatic heterocycles. The summed E-state index contributed by atoms with van der Waals surface area (Å²) < 4.78 is 56.1. The smallest absolute Gasteiger partial charge is 0.405 e. The predicted molar refractivity (Wildman–Crippen MR) is 139 cm³/mol. The van der Waals surface area contributed by atoms with Gasteiger partial charge in [-0.1, -0.05) is 28.6 Å². The van der Waals surface area contributed by atoms with Gasteiger partial charge in [0.1, 0.15) is 17.2 Å². The number of benzene rings is 2. The average Bonchev–Trinajstić information content (AvgIpc) is 3.52. The topological polar surface area (TPSA) is 104 Å². The zero-order chi connectivity index (χ0) is 27.1. The maximum atomic E-state index is 13.0. The molecule has 1 aliphatic carbocycles. The number of hydrogen-bond acceptors (Lipinski definition) is 8. The standard InChI is InChI=1S/C27H25F3N4O4S/c28-27(29,30)37-21-4-2-1-3-18(21)23-19(24(38-33-23)15-5-6-15)14-36-17-9-11-34(12-10-17)26-32-20-8-7-16(25(31)35)13-22(20)39-26/h1-4,7-8,13,15,17H,5-6,9-12,14H2,(H2,31,35). The molecule has 8 nitrogen and oxygen atoms in total. The summed E-state index contributed by atoms with van der Waals surface area (Å²) in [4.78, 5) is 18.4. The summed E-state index contributed by atoms with van der Waals surface area (Å²) in [7, 11) is 0. The highest BCUT2D eigenvalue weighted by Gasteiger charge is 2.36. The van der Waals surface area contributed by atoms with Gasteiger partial charge in [0, 0.05) is 35.7 Å². The number of nitrogens with zero attached hydrogens (tertiary/aromatic N) is 3. The van der Waals surface area contributed by atoms with Gasteiger partial charge in [0.25, 0.3) is 0 Å². The number of anilines is 1. The van der Waals surface area contributed by atoms with E-state index in [1.165, 1.54) is 23.5 Å². The van der Waals surface area contributed by atoms with E-state index in [9.17, 15) is 18.0 Å². The van der Waals surface area contributed by atoms with Crippen molar-refractivity contribution in [3.8, 4) is 17.0 Å². The molecular formula is C27H25F3N4O4S. The van der Waals surface area contributed by atoms with Gasteiger partial charge in [-0.2, -0.15) is 0 Å². The van der Waals surface area contributed by atoms with Crippen molar-refractivity contribution in [3.63, 3.8) is 0 Å². The van der Waals surface area contributed by atoms with Gasteiger partial charge in [0.05, 0.1) is 22.9 Å². The molecule has 0 radical (unpaired) electrons. The predicted octanol–water partition coefficient (Wildman–Crippen LogP) is 6.01. The number of rotatable bonds is 8. The summed E-state index contributed by atoms with van der Waals surface area (Å²) in [6.45, 7) is 1.66. The van der Waals surface area contributed by atoms with Crippen molar-refractivity contribution in [3.05, 3.63) is 59.4 Å². The summed E-state index contributed by atoms with van der Waals surface area (Å²) in [5.74, 6) is 0.0848. The van der Waals surface area contributed by atoms with Crippen LogP contribution < -0.4 is 15.4 Å². The molecule has 4 aromatic rings. The number of alkyl halides is 3. The van der Waals surface area contributed by atoms with Crippen LogP contribution in [0.5, 0.6) is 5.75 Å². The number of hydrogen-bond donors (Lipinski definition) is 1. The van der Waals surface area contributed by atoms with Crippen LogP contribution in [0.3, 0.4) is 0 Å². The lowest BCUT2D eigenvalue weighted by atomic mass is 10.0. The van der Waals surface area contributed by atoms with E-state index in [-0.39, 0.29) is 29.9 Å². The number of primary amides is 1.